The molecule has 0 aliphatic carbocycles. The van der Waals surface area contributed by atoms with Gasteiger partial charge in [0.15, 0.2) is 5.82 Å². The molecule has 5 rings (SSSR count). The van der Waals surface area contributed by atoms with Crippen molar-refractivity contribution in [2.45, 2.75) is 39.1 Å². The molecule has 0 unspecified atom stereocenters. The van der Waals surface area contributed by atoms with E-state index in [9.17, 15) is 18.7 Å². The van der Waals surface area contributed by atoms with E-state index in [4.69, 9.17) is 4.74 Å². The molecule has 0 saturated carbocycles. The minimum atomic E-state index is -3.05. The Morgan fingerprint density at radius 1 is 1.05 bits per heavy atom. The van der Waals surface area contributed by atoms with Crippen LogP contribution in [-0.2, 0) is 25.7 Å². The van der Waals surface area contributed by atoms with E-state index in [0.29, 0.717) is 23.2 Å². The van der Waals surface area contributed by atoms with Gasteiger partial charge in [-0.05, 0) is 43.7 Å². The largest absolute Gasteiger partial charge is 0.434 e. The first-order valence-corrected chi connectivity index (χ1v) is 11.8. The Hall–Kier alpha value is -4.52. The standard InChI is InChI=1S/C26H24F3N7O3/c1-26(2,38)24-30-9-17(10-31-24)18-8-21-19(7-20(18)27)23(37)34(3)36(21)12-16-6-15(11-35-13-32-33-14-35)4-5-22(16)39-25(28)29/h4-10,13-14,25,38H,11-12H2,1-3H3. The predicted molar refractivity (Wildman–Crippen MR) is 135 cm³/mol. The van der Waals surface area contributed by atoms with Crippen LogP contribution in [0.2, 0.25) is 0 Å². The number of fused-ring (bicyclic) bond motifs is 1. The quantitative estimate of drug-likeness (QED) is 0.321. The zero-order chi connectivity index (χ0) is 27.9. The van der Waals surface area contributed by atoms with Crippen molar-refractivity contribution in [1.82, 2.24) is 34.1 Å². The molecule has 0 aliphatic heterocycles. The Morgan fingerprint density at radius 2 is 1.74 bits per heavy atom. The maximum atomic E-state index is 15.2. The summed E-state index contributed by atoms with van der Waals surface area (Å²) in [5.74, 6) is -0.540. The number of rotatable bonds is 8. The van der Waals surface area contributed by atoms with Gasteiger partial charge in [-0.2, -0.15) is 8.78 Å². The normalized spacial score (nSPS) is 12.0. The van der Waals surface area contributed by atoms with Crippen molar-refractivity contribution >= 4 is 10.9 Å². The van der Waals surface area contributed by atoms with E-state index in [1.165, 1.54) is 62.8 Å². The third-order valence-corrected chi connectivity index (χ3v) is 6.25. The van der Waals surface area contributed by atoms with Gasteiger partial charge in [-0.15, -0.1) is 10.2 Å². The van der Waals surface area contributed by atoms with Crippen molar-refractivity contribution in [1.29, 1.82) is 0 Å². The third kappa shape index (κ3) is 5.25. The van der Waals surface area contributed by atoms with Gasteiger partial charge < -0.3 is 14.4 Å². The van der Waals surface area contributed by atoms with E-state index < -0.39 is 23.6 Å². The molecule has 13 heteroatoms. The first-order chi connectivity index (χ1) is 18.5. The fourth-order valence-corrected chi connectivity index (χ4v) is 4.33. The number of ether oxygens (including phenoxy) is 1. The highest BCUT2D eigenvalue weighted by Gasteiger charge is 2.21. The molecule has 0 atom stereocenters. The second-order valence-electron chi connectivity index (χ2n) is 9.54. The lowest BCUT2D eigenvalue weighted by atomic mass is 10.1. The summed E-state index contributed by atoms with van der Waals surface area (Å²) in [6, 6.07) is 7.41. The lowest BCUT2D eigenvalue weighted by Gasteiger charge is -2.16. The lowest BCUT2D eigenvalue weighted by molar-refractivity contribution is -0.0505. The molecular weight excluding hydrogens is 515 g/mol. The van der Waals surface area contributed by atoms with Gasteiger partial charge in [-0.3, -0.25) is 14.2 Å². The number of aromatic nitrogens is 7. The molecule has 1 N–H and O–H groups in total. The molecule has 5 aromatic rings. The fraction of sp³-hybridized carbons (Fsp3) is 0.269. The molecule has 0 fully saturated rings. The number of alkyl halides is 2. The fourth-order valence-electron chi connectivity index (χ4n) is 4.33. The van der Waals surface area contributed by atoms with E-state index in [-0.39, 0.29) is 29.1 Å². The summed E-state index contributed by atoms with van der Waals surface area (Å²) in [4.78, 5) is 21.3. The van der Waals surface area contributed by atoms with Crippen LogP contribution >= 0.6 is 0 Å². The Morgan fingerprint density at radius 3 is 2.38 bits per heavy atom. The topological polar surface area (TPSA) is 113 Å². The molecule has 2 aromatic carbocycles. The zero-order valence-electron chi connectivity index (χ0n) is 21.2. The summed E-state index contributed by atoms with van der Waals surface area (Å²) in [6.45, 7) is 0.378. The average Bonchev–Trinajstić information content (AvgIpc) is 3.47. The van der Waals surface area contributed by atoms with Gasteiger partial charge in [0.1, 0.15) is 29.8 Å². The summed E-state index contributed by atoms with van der Waals surface area (Å²) >= 11 is 0. The Kier molecular flexibility index (Phi) is 6.68. The Labute approximate surface area is 219 Å². The van der Waals surface area contributed by atoms with Crippen molar-refractivity contribution < 1.29 is 23.0 Å². The molecule has 3 heterocycles. The molecule has 0 radical (unpaired) electrons. The van der Waals surface area contributed by atoms with Gasteiger partial charge >= 0.3 is 6.61 Å². The minimum Gasteiger partial charge on any atom is -0.434 e. The van der Waals surface area contributed by atoms with Crippen LogP contribution in [-0.4, -0.2) is 45.8 Å². The molecule has 0 spiro atoms. The van der Waals surface area contributed by atoms with Gasteiger partial charge in [-0.25, -0.2) is 14.4 Å². The number of hydrogen-bond donors (Lipinski definition) is 1. The average molecular weight is 540 g/mol. The van der Waals surface area contributed by atoms with E-state index in [1.54, 1.807) is 21.4 Å². The van der Waals surface area contributed by atoms with E-state index in [2.05, 4.69) is 20.2 Å². The SMILES string of the molecule is Cn1c(=O)c2cc(F)c(-c3cnc(C(C)(C)O)nc3)cc2n1Cc1cc(Cn2cnnc2)ccc1OC(F)F. The van der Waals surface area contributed by atoms with Crippen LogP contribution in [0, 0.1) is 5.82 Å². The molecule has 0 bridgehead atoms. The summed E-state index contributed by atoms with van der Waals surface area (Å²) < 4.78 is 50.9. The molecule has 39 heavy (non-hydrogen) atoms. The molecule has 10 nitrogen and oxygen atoms in total. The first kappa shape index (κ1) is 26.1. The first-order valence-electron chi connectivity index (χ1n) is 11.8. The van der Waals surface area contributed by atoms with Crippen LogP contribution < -0.4 is 10.3 Å². The highest BCUT2D eigenvalue weighted by molar-refractivity contribution is 5.84. The van der Waals surface area contributed by atoms with Gasteiger partial charge in [0, 0.05) is 36.1 Å². The van der Waals surface area contributed by atoms with Crippen molar-refractivity contribution in [3.05, 3.63) is 88.5 Å². The molecule has 0 saturated heterocycles. The van der Waals surface area contributed by atoms with Gasteiger partial charge in [0.2, 0.25) is 0 Å². The maximum Gasteiger partial charge on any atom is 0.387 e. The summed E-state index contributed by atoms with van der Waals surface area (Å²) in [6.07, 6.45) is 5.83. The Balaban J connectivity index is 1.60. The minimum absolute atomic E-state index is 0.0213. The van der Waals surface area contributed by atoms with Crippen LogP contribution in [0.25, 0.3) is 22.0 Å². The van der Waals surface area contributed by atoms with Crippen LogP contribution in [0.15, 0.2) is 60.2 Å². The number of halogens is 3. The number of aliphatic hydroxyl groups is 1. The molecule has 0 aliphatic rings. The van der Waals surface area contributed by atoms with E-state index >= 15 is 4.39 Å². The number of hydrogen-bond acceptors (Lipinski definition) is 7. The second kappa shape index (κ2) is 9.98. The van der Waals surface area contributed by atoms with Crippen LogP contribution in [0.3, 0.4) is 0 Å². The van der Waals surface area contributed by atoms with Crippen molar-refractivity contribution in [3.63, 3.8) is 0 Å². The summed E-state index contributed by atoms with van der Waals surface area (Å²) in [5.41, 5.74) is 0.263. The summed E-state index contributed by atoms with van der Waals surface area (Å²) in [7, 11) is 1.51. The zero-order valence-corrected chi connectivity index (χ0v) is 21.2. The number of nitrogens with zero attached hydrogens (tertiary/aromatic N) is 7. The van der Waals surface area contributed by atoms with Crippen LogP contribution in [0.4, 0.5) is 13.2 Å². The van der Waals surface area contributed by atoms with Gasteiger partial charge in [0.25, 0.3) is 5.56 Å². The van der Waals surface area contributed by atoms with Crippen molar-refractivity contribution in [2.24, 2.45) is 7.05 Å². The maximum absolute atomic E-state index is 15.2. The Bertz CT molecular complexity index is 1690. The molecule has 3 aromatic heterocycles. The molecular formula is C26H24F3N7O3. The van der Waals surface area contributed by atoms with Crippen molar-refractivity contribution in [2.75, 3.05) is 0 Å². The number of benzene rings is 2. The molecule has 0 amide bonds. The van der Waals surface area contributed by atoms with Crippen LogP contribution in [0.5, 0.6) is 5.75 Å². The van der Waals surface area contributed by atoms with Gasteiger partial charge in [-0.1, -0.05) is 6.07 Å². The second-order valence-corrected chi connectivity index (χ2v) is 9.54. The third-order valence-electron chi connectivity index (χ3n) is 6.25. The summed E-state index contributed by atoms with van der Waals surface area (Å²) in [5, 5.41) is 17.8. The predicted octanol–water partition coefficient (Wildman–Crippen LogP) is 3.45. The smallest absolute Gasteiger partial charge is 0.387 e. The van der Waals surface area contributed by atoms with Gasteiger partial charge in [0.05, 0.1) is 24.0 Å². The lowest BCUT2D eigenvalue weighted by Crippen LogP contribution is -2.20. The molecule has 202 valence electrons. The highest BCUT2D eigenvalue weighted by Crippen LogP contribution is 2.29. The van der Waals surface area contributed by atoms with E-state index in [0.717, 1.165) is 11.6 Å². The van der Waals surface area contributed by atoms with Crippen molar-refractivity contribution in [3.8, 4) is 16.9 Å². The van der Waals surface area contributed by atoms with Crippen LogP contribution in [0.1, 0.15) is 30.8 Å². The van der Waals surface area contributed by atoms with E-state index in [1.807, 2.05) is 0 Å². The highest BCUT2D eigenvalue weighted by atomic mass is 19.3. The monoisotopic (exact) mass is 539 g/mol.